The molecule has 0 saturated heterocycles. The van der Waals surface area contributed by atoms with Crippen molar-refractivity contribution in [3.05, 3.63) is 70.3 Å². The van der Waals surface area contributed by atoms with Crippen molar-refractivity contribution < 1.29 is 4.74 Å². The van der Waals surface area contributed by atoms with Crippen molar-refractivity contribution in [3.63, 3.8) is 0 Å². The second-order valence-electron chi connectivity index (χ2n) is 5.51. The minimum absolute atomic E-state index is 0.533. The number of hydrogen-bond donors (Lipinski definition) is 2. The highest BCUT2D eigenvalue weighted by atomic mass is 35.5. The van der Waals surface area contributed by atoms with E-state index < -0.39 is 0 Å². The summed E-state index contributed by atoms with van der Waals surface area (Å²) in [7, 11) is 1.66. The van der Waals surface area contributed by atoms with E-state index in [4.69, 9.17) is 27.9 Å². The first-order chi connectivity index (χ1) is 12.7. The number of para-hydroxylation sites is 1. The van der Waals surface area contributed by atoms with Gasteiger partial charge in [-0.05, 0) is 42.3 Å². The van der Waals surface area contributed by atoms with Gasteiger partial charge in [0.2, 0.25) is 5.95 Å². The molecular formula is C19H18Cl2N4O. The maximum absolute atomic E-state index is 6.18. The maximum Gasteiger partial charge on any atom is 0.224 e. The summed E-state index contributed by atoms with van der Waals surface area (Å²) in [6.45, 7) is 0.711. The lowest BCUT2D eigenvalue weighted by Gasteiger charge is -2.11. The summed E-state index contributed by atoms with van der Waals surface area (Å²) in [4.78, 5) is 8.67. The van der Waals surface area contributed by atoms with Gasteiger partial charge < -0.3 is 15.4 Å². The third-order valence-electron chi connectivity index (χ3n) is 3.73. The van der Waals surface area contributed by atoms with E-state index >= 15 is 0 Å². The molecular weight excluding hydrogens is 371 g/mol. The van der Waals surface area contributed by atoms with Gasteiger partial charge in [0.1, 0.15) is 11.6 Å². The van der Waals surface area contributed by atoms with Gasteiger partial charge in [-0.3, -0.25) is 0 Å². The zero-order valence-corrected chi connectivity index (χ0v) is 15.7. The monoisotopic (exact) mass is 388 g/mol. The number of aromatic nitrogens is 2. The van der Waals surface area contributed by atoms with E-state index in [0.29, 0.717) is 34.0 Å². The molecule has 0 aliphatic rings. The second-order valence-corrected chi connectivity index (χ2v) is 6.33. The van der Waals surface area contributed by atoms with Gasteiger partial charge in [0.25, 0.3) is 0 Å². The number of rotatable bonds is 7. The molecule has 0 spiro atoms. The molecule has 0 amide bonds. The Bertz CT molecular complexity index is 851. The van der Waals surface area contributed by atoms with Crippen LogP contribution >= 0.6 is 23.2 Å². The first kappa shape index (κ1) is 18.3. The van der Waals surface area contributed by atoms with E-state index in [1.165, 1.54) is 5.56 Å². The fourth-order valence-electron chi connectivity index (χ4n) is 2.37. The molecule has 1 heterocycles. The van der Waals surface area contributed by atoms with Gasteiger partial charge in [-0.2, -0.15) is 4.98 Å². The van der Waals surface area contributed by atoms with Crippen LogP contribution in [0.5, 0.6) is 5.75 Å². The van der Waals surface area contributed by atoms with Crippen LogP contribution in [-0.4, -0.2) is 23.6 Å². The molecule has 0 fully saturated rings. The number of anilines is 3. The van der Waals surface area contributed by atoms with Gasteiger partial charge in [0.05, 0.1) is 22.8 Å². The SMILES string of the molecule is COc1ccc(CCNc2nccc(Nc3c(Cl)cccc3Cl)n2)cc1. The molecule has 2 N–H and O–H groups in total. The normalized spacial score (nSPS) is 10.4. The number of nitrogens with zero attached hydrogens (tertiary/aromatic N) is 2. The van der Waals surface area contributed by atoms with Crippen LogP contribution in [0.4, 0.5) is 17.5 Å². The third kappa shape index (κ3) is 4.77. The molecule has 0 aliphatic carbocycles. The summed E-state index contributed by atoms with van der Waals surface area (Å²) in [5.41, 5.74) is 1.83. The largest absolute Gasteiger partial charge is 0.497 e. The molecule has 0 unspecified atom stereocenters. The van der Waals surface area contributed by atoms with Gasteiger partial charge in [0.15, 0.2) is 0 Å². The van der Waals surface area contributed by atoms with Crippen molar-refractivity contribution in [2.45, 2.75) is 6.42 Å². The average molecular weight is 389 g/mol. The predicted molar refractivity (Wildman–Crippen MR) is 107 cm³/mol. The number of halogens is 2. The highest BCUT2D eigenvalue weighted by Crippen LogP contribution is 2.32. The molecule has 0 atom stereocenters. The van der Waals surface area contributed by atoms with Crippen molar-refractivity contribution in [1.29, 1.82) is 0 Å². The van der Waals surface area contributed by atoms with E-state index in [1.54, 1.807) is 37.6 Å². The summed E-state index contributed by atoms with van der Waals surface area (Å²) >= 11 is 12.4. The topological polar surface area (TPSA) is 59.1 Å². The molecule has 0 bridgehead atoms. The Labute approximate surface area is 162 Å². The van der Waals surface area contributed by atoms with Crippen molar-refractivity contribution >= 4 is 40.7 Å². The van der Waals surface area contributed by atoms with Crippen molar-refractivity contribution in [1.82, 2.24) is 9.97 Å². The molecule has 3 aromatic rings. The molecule has 5 nitrogen and oxygen atoms in total. The van der Waals surface area contributed by atoms with E-state index in [9.17, 15) is 0 Å². The average Bonchev–Trinajstić information content (AvgIpc) is 2.66. The minimum Gasteiger partial charge on any atom is -0.497 e. The standard InChI is InChI=1S/C19H18Cl2N4O/c1-26-14-7-5-13(6-8-14)9-11-22-19-23-12-10-17(25-19)24-18-15(20)3-2-4-16(18)21/h2-8,10,12H,9,11H2,1H3,(H2,22,23,24,25). The molecule has 0 aliphatic heterocycles. The van der Waals surface area contributed by atoms with Crippen molar-refractivity contribution in [3.8, 4) is 5.75 Å². The van der Waals surface area contributed by atoms with Crippen LogP contribution in [0.2, 0.25) is 10.0 Å². The number of nitrogens with one attached hydrogen (secondary N) is 2. The Balaban J connectivity index is 1.60. The summed E-state index contributed by atoms with van der Waals surface area (Å²) in [5.74, 6) is 2.00. The molecule has 0 radical (unpaired) electrons. The lowest BCUT2D eigenvalue weighted by atomic mass is 10.1. The molecule has 2 aromatic carbocycles. The van der Waals surface area contributed by atoms with Gasteiger partial charge in [-0.1, -0.05) is 41.4 Å². The van der Waals surface area contributed by atoms with Crippen LogP contribution < -0.4 is 15.4 Å². The maximum atomic E-state index is 6.18. The minimum atomic E-state index is 0.533. The van der Waals surface area contributed by atoms with Crippen LogP contribution in [0.25, 0.3) is 0 Å². The van der Waals surface area contributed by atoms with E-state index in [-0.39, 0.29) is 0 Å². The first-order valence-corrected chi connectivity index (χ1v) is 8.82. The van der Waals surface area contributed by atoms with Crippen LogP contribution in [0.1, 0.15) is 5.56 Å². The molecule has 0 saturated carbocycles. The van der Waals surface area contributed by atoms with Gasteiger partial charge in [-0.25, -0.2) is 4.98 Å². The fraction of sp³-hybridized carbons (Fsp3) is 0.158. The predicted octanol–water partition coefficient (Wildman–Crippen LogP) is 5.19. The number of methoxy groups -OCH3 is 1. The van der Waals surface area contributed by atoms with Crippen LogP contribution in [-0.2, 0) is 6.42 Å². The Kier molecular flexibility index (Phi) is 6.15. The molecule has 3 rings (SSSR count). The highest BCUT2D eigenvalue weighted by molar-refractivity contribution is 6.39. The van der Waals surface area contributed by atoms with E-state index in [1.807, 2.05) is 24.3 Å². The van der Waals surface area contributed by atoms with Crippen molar-refractivity contribution in [2.24, 2.45) is 0 Å². The molecule has 26 heavy (non-hydrogen) atoms. The zero-order chi connectivity index (χ0) is 18.4. The summed E-state index contributed by atoms with van der Waals surface area (Å²) in [6.07, 6.45) is 2.52. The highest BCUT2D eigenvalue weighted by Gasteiger charge is 2.07. The number of ether oxygens (including phenoxy) is 1. The molecule has 134 valence electrons. The molecule has 7 heteroatoms. The third-order valence-corrected chi connectivity index (χ3v) is 4.36. The van der Waals surface area contributed by atoms with Crippen LogP contribution in [0, 0.1) is 0 Å². The Morgan fingerprint density at radius 3 is 2.42 bits per heavy atom. The number of hydrogen-bond acceptors (Lipinski definition) is 5. The van der Waals surface area contributed by atoms with E-state index in [2.05, 4.69) is 20.6 Å². The zero-order valence-electron chi connectivity index (χ0n) is 14.2. The van der Waals surface area contributed by atoms with Crippen LogP contribution in [0.15, 0.2) is 54.7 Å². The first-order valence-electron chi connectivity index (χ1n) is 8.06. The van der Waals surface area contributed by atoms with Gasteiger partial charge in [0, 0.05) is 12.7 Å². The van der Waals surface area contributed by atoms with Gasteiger partial charge >= 0.3 is 0 Å². The second kappa shape index (κ2) is 8.74. The summed E-state index contributed by atoms with van der Waals surface area (Å²) in [5, 5.41) is 7.42. The number of benzene rings is 2. The van der Waals surface area contributed by atoms with Gasteiger partial charge in [-0.15, -0.1) is 0 Å². The Morgan fingerprint density at radius 2 is 1.73 bits per heavy atom. The fourth-order valence-corrected chi connectivity index (χ4v) is 2.86. The quantitative estimate of drug-likeness (QED) is 0.582. The smallest absolute Gasteiger partial charge is 0.224 e. The lowest BCUT2D eigenvalue weighted by Crippen LogP contribution is -2.08. The van der Waals surface area contributed by atoms with E-state index in [0.717, 1.165) is 12.2 Å². The summed E-state index contributed by atoms with van der Waals surface area (Å²) < 4.78 is 5.16. The lowest BCUT2D eigenvalue weighted by molar-refractivity contribution is 0.414. The summed E-state index contributed by atoms with van der Waals surface area (Å²) in [6, 6.07) is 15.1. The molecule has 1 aromatic heterocycles. The Hall–Kier alpha value is -2.50. The Morgan fingerprint density at radius 1 is 1.00 bits per heavy atom. The van der Waals surface area contributed by atoms with Crippen molar-refractivity contribution in [2.75, 3.05) is 24.3 Å². The van der Waals surface area contributed by atoms with Crippen LogP contribution in [0.3, 0.4) is 0 Å².